The molecule has 0 aliphatic heterocycles. The number of alkyl halides is 2. The van der Waals surface area contributed by atoms with Crippen LogP contribution in [0, 0.1) is 6.92 Å². The van der Waals surface area contributed by atoms with Crippen LogP contribution in [0.15, 0.2) is 17.1 Å². The molecule has 1 rings (SSSR count). The van der Waals surface area contributed by atoms with Gasteiger partial charge in [0.2, 0.25) is 6.08 Å². The SMILES string of the molecule is Cc1ccc(C(F)(F)N=C=O)s1. The van der Waals surface area contributed by atoms with Crippen molar-refractivity contribution in [2.75, 3.05) is 0 Å². The van der Waals surface area contributed by atoms with Crippen LogP contribution in [0.25, 0.3) is 0 Å². The van der Waals surface area contributed by atoms with E-state index in [4.69, 9.17) is 0 Å². The molecule has 2 nitrogen and oxygen atoms in total. The molecule has 0 saturated heterocycles. The quantitative estimate of drug-likeness (QED) is 0.399. The second-order valence-corrected chi connectivity index (χ2v) is 3.44. The van der Waals surface area contributed by atoms with Crippen LogP contribution in [-0.4, -0.2) is 6.08 Å². The summed E-state index contributed by atoms with van der Waals surface area (Å²) in [5.74, 6) is 0. The van der Waals surface area contributed by atoms with Gasteiger partial charge in [-0.15, -0.1) is 16.3 Å². The van der Waals surface area contributed by atoms with Crippen LogP contribution in [0.1, 0.15) is 9.75 Å². The maximum Gasteiger partial charge on any atom is 0.388 e. The van der Waals surface area contributed by atoms with Gasteiger partial charge in [0, 0.05) is 4.88 Å². The highest BCUT2D eigenvalue weighted by molar-refractivity contribution is 7.12. The number of carbonyl (C=O) groups excluding carboxylic acids is 1. The van der Waals surface area contributed by atoms with Gasteiger partial charge in [0.05, 0.1) is 4.88 Å². The van der Waals surface area contributed by atoms with Crippen LogP contribution in [0.5, 0.6) is 0 Å². The minimum absolute atomic E-state index is 0.233. The van der Waals surface area contributed by atoms with Crippen molar-refractivity contribution in [2.24, 2.45) is 4.99 Å². The van der Waals surface area contributed by atoms with Crippen LogP contribution in [-0.2, 0) is 10.8 Å². The fraction of sp³-hybridized carbons (Fsp3) is 0.286. The predicted molar refractivity (Wildman–Crippen MR) is 41.1 cm³/mol. The molecule has 0 N–H and O–H groups in total. The van der Waals surface area contributed by atoms with Crippen molar-refractivity contribution in [1.29, 1.82) is 0 Å². The second kappa shape index (κ2) is 3.13. The highest BCUT2D eigenvalue weighted by Crippen LogP contribution is 2.33. The van der Waals surface area contributed by atoms with E-state index in [1.165, 1.54) is 6.07 Å². The molecule has 0 bridgehead atoms. The molecule has 0 unspecified atom stereocenters. The average molecular weight is 189 g/mol. The molecule has 1 aromatic heterocycles. The molecule has 1 aromatic rings. The average Bonchev–Trinajstić information content (AvgIpc) is 2.36. The first kappa shape index (κ1) is 9.03. The number of halogens is 2. The molecule has 5 heteroatoms. The van der Waals surface area contributed by atoms with Crippen molar-refractivity contribution in [2.45, 2.75) is 13.0 Å². The van der Waals surface area contributed by atoms with Gasteiger partial charge >= 0.3 is 6.05 Å². The lowest BCUT2D eigenvalue weighted by Crippen LogP contribution is -2.06. The highest BCUT2D eigenvalue weighted by Gasteiger charge is 2.32. The third-order valence-corrected chi connectivity index (χ3v) is 2.28. The van der Waals surface area contributed by atoms with Crippen LogP contribution >= 0.6 is 11.3 Å². The van der Waals surface area contributed by atoms with Crippen molar-refractivity contribution >= 4 is 17.4 Å². The summed E-state index contributed by atoms with van der Waals surface area (Å²) in [6.45, 7) is 1.70. The lowest BCUT2D eigenvalue weighted by atomic mass is 10.4. The summed E-state index contributed by atoms with van der Waals surface area (Å²) >= 11 is 0.912. The van der Waals surface area contributed by atoms with E-state index >= 15 is 0 Å². The minimum Gasteiger partial charge on any atom is -0.211 e. The van der Waals surface area contributed by atoms with Crippen molar-refractivity contribution in [1.82, 2.24) is 0 Å². The summed E-state index contributed by atoms with van der Waals surface area (Å²) in [6, 6.07) is -0.615. The molecular weight excluding hydrogens is 184 g/mol. The number of aryl methyl sites for hydroxylation is 1. The van der Waals surface area contributed by atoms with E-state index in [1.807, 2.05) is 0 Å². The molecule has 0 radical (unpaired) electrons. The molecule has 0 spiro atoms. The van der Waals surface area contributed by atoms with Crippen molar-refractivity contribution < 1.29 is 13.6 Å². The van der Waals surface area contributed by atoms with Gasteiger partial charge in [-0.3, -0.25) is 0 Å². The molecule has 0 atom stereocenters. The Morgan fingerprint density at radius 2 is 2.25 bits per heavy atom. The van der Waals surface area contributed by atoms with Crippen LogP contribution in [0.2, 0.25) is 0 Å². The van der Waals surface area contributed by atoms with Gasteiger partial charge in [-0.2, -0.15) is 8.78 Å². The Hall–Kier alpha value is -1.06. The predicted octanol–water partition coefficient (Wildman–Crippen LogP) is 2.44. The molecule has 64 valence electrons. The number of hydrogen-bond acceptors (Lipinski definition) is 3. The van der Waals surface area contributed by atoms with Crippen molar-refractivity contribution in [3.05, 3.63) is 21.9 Å². The van der Waals surface area contributed by atoms with E-state index in [9.17, 15) is 13.6 Å². The Kier molecular flexibility index (Phi) is 2.35. The van der Waals surface area contributed by atoms with E-state index in [0.717, 1.165) is 22.3 Å². The zero-order chi connectivity index (χ0) is 9.19. The molecule has 0 saturated carbocycles. The molecule has 0 amide bonds. The van der Waals surface area contributed by atoms with Gasteiger partial charge in [0.1, 0.15) is 0 Å². The molecule has 0 aliphatic rings. The first-order valence-electron chi connectivity index (χ1n) is 3.10. The zero-order valence-corrected chi connectivity index (χ0v) is 6.99. The number of thiophene rings is 1. The summed E-state index contributed by atoms with van der Waals surface area (Å²) in [6.07, 6.45) is 0.847. The molecule has 1 heterocycles. The standard InChI is InChI=1S/C7H5F2NOS/c1-5-2-3-6(12-5)7(8,9)10-4-11/h2-3H,1H3. The molecule has 0 fully saturated rings. The molecule has 12 heavy (non-hydrogen) atoms. The summed E-state index contributed by atoms with van der Waals surface area (Å²) in [5, 5.41) is 0. The molecule has 0 aromatic carbocycles. The van der Waals surface area contributed by atoms with E-state index in [0.29, 0.717) is 0 Å². The second-order valence-electron chi connectivity index (χ2n) is 2.15. The summed E-state index contributed by atoms with van der Waals surface area (Å²) < 4.78 is 25.5. The largest absolute Gasteiger partial charge is 0.388 e. The fourth-order valence-corrected chi connectivity index (χ4v) is 1.50. The van der Waals surface area contributed by atoms with E-state index in [2.05, 4.69) is 4.99 Å². The number of hydrogen-bond donors (Lipinski definition) is 0. The van der Waals surface area contributed by atoms with Crippen LogP contribution in [0.3, 0.4) is 0 Å². The first-order chi connectivity index (χ1) is 5.56. The Morgan fingerprint density at radius 1 is 1.58 bits per heavy atom. The van der Waals surface area contributed by atoms with Gasteiger partial charge in [-0.25, -0.2) is 4.79 Å². The van der Waals surface area contributed by atoms with Gasteiger partial charge in [-0.1, -0.05) is 0 Å². The maximum absolute atomic E-state index is 12.8. The summed E-state index contributed by atoms with van der Waals surface area (Å²) in [4.78, 5) is 12.6. The highest BCUT2D eigenvalue weighted by atomic mass is 32.1. The maximum atomic E-state index is 12.8. The third kappa shape index (κ3) is 1.75. The molecular formula is C7H5F2NOS. The Morgan fingerprint density at radius 3 is 2.67 bits per heavy atom. The van der Waals surface area contributed by atoms with E-state index in [-0.39, 0.29) is 4.88 Å². The zero-order valence-electron chi connectivity index (χ0n) is 6.17. The normalized spacial score (nSPS) is 10.9. The van der Waals surface area contributed by atoms with Crippen LogP contribution < -0.4 is 0 Å². The minimum atomic E-state index is -3.42. The summed E-state index contributed by atoms with van der Waals surface area (Å²) in [5.41, 5.74) is 0. The number of nitrogens with zero attached hydrogens (tertiary/aromatic N) is 1. The Balaban J connectivity index is 3.04. The van der Waals surface area contributed by atoms with E-state index in [1.54, 1.807) is 13.0 Å². The summed E-state index contributed by atoms with van der Waals surface area (Å²) in [7, 11) is 0. The Labute approximate surface area is 71.6 Å². The van der Waals surface area contributed by atoms with Gasteiger partial charge in [-0.05, 0) is 19.1 Å². The molecule has 0 aliphatic carbocycles. The Bertz CT molecular complexity index is 328. The fourth-order valence-electron chi connectivity index (χ4n) is 0.709. The first-order valence-corrected chi connectivity index (χ1v) is 3.91. The number of isocyanates is 1. The van der Waals surface area contributed by atoms with Crippen molar-refractivity contribution in [3.63, 3.8) is 0 Å². The third-order valence-electron chi connectivity index (χ3n) is 1.22. The van der Waals surface area contributed by atoms with Gasteiger partial charge in [0.25, 0.3) is 0 Å². The number of aliphatic imine (C=N–C) groups is 1. The van der Waals surface area contributed by atoms with Gasteiger partial charge in [0.15, 0.2) is 0 Å². The van der Waals surface area contributed by atoms with Gasteiger partial charge < -0.3 is 0 Å². The lowest BCUT2D eigenvalue weighted by molar-refractivity contribution is 0.0102. The van der Waals surface area contributed by atoms with Crippen LogP contribution in [0.4, 0.5) is 8.78 Å². The monoisotopic (exact) mass is 189 g/mol. The lowest BCUT2D eigenvalue weighted by Gasteiger charge is -2.03. The number of rotatable bonds is 2. The van der Waals surface area contributed by atoms with Crippen molar-refractivity contribution in [3.8, 4) is 0 Å². The van der Waals surface area contributed by atoms with E-state index < -0.39 is 6.05 Å². The smallest absolute Gasteiger partial charge is 0.211 e. The topological polar surface area (TPSA) is 29.4 Å².